The van der Waals surface area contributed by atoms with Crippen LogP contribution in [0.15, 0.2) is 65.1 Å². The van der Waals surface area contributed by atoms with E-state index in [4.69, 9.17) is 18.9 Å². The first-order chi connectivity index (χ1) is 15.6. The van der Waals surface area contributed by atoms with E-state index < -0.39 is 0 Å². The normalized spacial score (nSPS) is 12.2. The number of hydrogen-bond acceptors (Lipinski definition) is 5. The van der Waals surface area contributed by atoms with Crippen molar-refractivity contribution < 1.29 is 18.9 Å². The van der Waals surface area contributed by atoms with E-state index >= 15 is 0 Å². The molecule has 0 radical (unpaired) electrons. The molecule has 6 heteroatoms. The van der Waals surface area contributed by atoms with Crippen molar-refractivity contribution in [1.82, 2.24) is 4.90 Å². The zero-order chi connectivity index (χ0) is 22.3. The summed E-state index contributed by atoms with van der Waals surface area (Å²) in [5.41, 5.74) is 3.72. The van der Waals surface area contributed by atoms with Crippen LogP contribution in [0.25, 0.3) is 0 Å². The lowest BCUT2D eigenvalue weighted by molar-refractivity contribution is 0.174. The standard InChI is InChI=1S/C26H28BrNO4/c1-3-30-22-8-4-20(5-9-22)16-28(17-21-7-10-24(29-2)23(27)14-21)13-12-19-6-11-25-26(15-19)32-18-31-25/h4-11,14-15H,3,12-13,16-18H2,1-2H3. The van der Waals surface area contributed by atoms with E-state index in [-0.39, 0.29) is 0 Å². The van der Waals surface area contributed by atoms with Crippen molar-refractivity contribution in [3.05, 3.63) is 81.8 Å². The fourth-order valence-corrected chi connectivity index (χ4v) is 4.37. The summed E-state index contributed by atoms with van der Waals surface area (Å²) in [6.07, 6.45) is 0.922. The molecule has 5 nitrogen and oxygen atoms in total. The third-order valence-electron chi connectivity index (χ3n) is 5.42. The lowest BCUT2D eigenvalue weighted by atomic mass is 10.1. The van der Waals surface area contributed by atoms with Gasteiger partial charge in [0, 0.05) is 19.6 Å². The quantitative estimate of drug-likeness (QED) is 0.352. The molecule has 1 aliphatic rings. The van der Waals surface area contributed by atoms with Crippen molar-refractivity contribution >= 4 is 15.9 Å². The van der Waals surface area contributed by atoms with Crippen LogP contribution in [0.1, 0.15) is 23.6 Å². The Kier molecular flexibility index (Phi) is 7.55. The van der Waals surface area contributed by atoms with Crippen LogP contribution in [0.3, 0.4) is 0 Å². The highest BCUT2D eigenvalue weighted by atomic mass is 79.9. The van der Waals surface area contributed by atoms with E-state index in [1.807, 2.05) is 31.2 Å². The number of rotatable bonds is 10. The maximum Gasteiger partial charge on any atom is 0.231 e. The smallest absolute Gasteiger partial charge is 0.231 e. The number of benzene rings is 3. The maximum atomic E-state index is 5.59. The Balaban J connectivity index is 1.48. The zero-order valence-electron chi connectivity index (χ0n) is 18.5. The first-order valence-corrected chi connectivity index (χ1v) is 11.6. The highest BCUT2D eigenvalue weighted by Gasteiger charge is 2.15. The second-order valence-corrected chi connectivity index (χ2v) is 8.55. The molecule has 3 aromatic rings. The molecule has 168 valence electrons. The Morgan fingerprint density at radius 3 is 2.34 bits per heavy atom. The van der Waals surface area contributed by atoms with Gasteiger partial charge in [0.1, 0.15) is 11.5 Å². The molecule has 3 aromatic carbocycles. The van der Waals surface area contributed by atoms with Crippen LogP contribution in [0.4, 0.5) is 0 Å². The summed E-state index contributed by atoms with van der Waals surface area (Å²) in [7, 11) is 1.68. The van der Waals surface area contributed by atoms with Crippen molar-refractivity contribution in [2.45, 2.75) is 26.4 Å². The van der Waals surface area contributed by atoms with Gasteiger partial charge in [-0.2, -0.15) is 0 Å². The van der Waals surface area contributed by atoms with Gasteiger partial charge in [-0.05, 0) is 82.4 Å². The average molecular weight is 498 g/mol. The molecular weight excluding hydrogens is 470 g/mol. The molecule has 0 aliphatic carbocycles. The van der Waals surface area contributed by atoms with Gasteiger partial charge in [-0.3, -0.25) is 4.90 Å². The monoisotopic (exact) mass is 497 g/mol. The molecule has 0 bridgehead atoms. The molecule has 4 rings (SSSR count). The summed E-state index contributed by atoms with van der Waals surface area (Å²) in [6.45, 7) is 5.57. The topological polar surface area (TPSA) is 40.2 Å². The van der Waals surface area contributed by atoms with Crippen molar-refractivity contribution in [2.24, 2.45) is 0 Å². The number of nitrogens with zero attached hydrogens (tertiary/aromatic N) is 1. The lowest BCUT2D eigenvalue weighted by Crippen LogP contribution is -2.25. The van der Waals surface area contributed by atoms with Crippen LogP contribution in [-0.4, -0.2) is 32.0 Å². The summed E-state index contributed by atoms with van der Waals surface area (Å²) in [5.74, 6) is 3.40. The van der Waals surface area contributed by atoms with E-state index in [9.17, 15) is 0 Å². The fourth-order valence-electron chi connectivity index (χ4n) is 3.78. The molecule has 32 heavy (non-hydrogen) atoms. The van der Waals surface area contributed by atoms with Gasteiger partial charge < -0.3 is 18.9 Å². The molecule has 1 heterocycles. The Hall–Kier alpha value is -2.70. The molecule has 0 saturated heterocycles. The maximum absolute atomic E-state index is 5.59. The number of fused-ring (bicyclic) bond motifs is 1. The van der Waals surface area contributed by atoms with Crippen molar-refractivity contribution in [3.63, 3.8) is 0 Å². The van der Waals surface area contributed by atoms with Crippen LogP contribution in [0.2, 0.25) is 0 Å². The first-order valence-electron chi connectivity index (χ1n) is 10.8. The highest BCUT2D eigenvalue weighted by Crippen LogP contribution is 2.33. The van der Waals surface area contributed by atoms with Gasteiger partial charge in [-0.15, -0.1) is 0 Å². The van der Waals surface area contributed by atoms with E-state index in [2.05, 4.69) is 57.2 Å². The van der Waals surface area contributed by atoms with Gasteiger partial charge in [0.25, 0.3) is 0 Å². The third-order valence-corrected chi connectivity index (χ3v) is 6.04. The second kappa shape index (κ2) is 10.7. The SMILES string of the molecule is CCOc1ccc(CN(CCc2ccc3c(c2)OCO3)Cc2ccc(OC)c(Br)c2)cc1. The predicted octanol–water partition coefficient (Wildman–Crippen LogP) is 5.83. The summed E-state index contributed by atoms with van der Waals surface area (Å²) >= 11 is 3.61. The van der Waals surface area contributed by atoms with Crippen LogP contribution < -0.4 is 18.9 Å². The van der Waals surface area contributed by atoms with Crippen LogP contribution in [0, 0.1) is 0 Å². The molecule has 0 aromatic heterocycles. The zero-order valence-corrected chi connectivity index (χ0v) is 20.1. The molecule has 0 N–H and O–H groups in total. The van der Waals surface area contributed by atoms with Gasteiger partial charge in [0.2, 0.25) is 6.79 Å². The molecule has 0 unspecified atom stereocenters. The van der Waals surface area contributed by atoms with E-state index in [1.54, 1.807) is 7.11 Å². The summed E-state index contributed by atoms with van der Waals surface area (Å²) in [4.78, 5) is 2.45. The lowest BCUT2D eigenvalue weighted by Gasteiger charge is -2.23. The van der Waals surface area contributed by atoms with Gasteiger partial charge in [-0.1, -0.05) is 24.3 Å². The minimum Gasteiger partial charge on any atom is -0.496 e. The van der Waals surface area contributed by atoms with E-state index in [0.29, 0.717) is 13.4 Å². The molecule has 1 aliphatic heterocycles. The molecule has 0 saturated carbocycles. The molecule has 0 fully saturated rings. The van der Waals surface area contributed by atoms with Gasteiger partial charge >= 0.3 is 0 Å². The van der Waals surface area contributed by atoms with Crippen LogP contribution in [0.5, 0.6) is 23.0 Å². The Morgan fingerprint density at radius 2 is 1.59 bits per heavy atom. The third kappa shape index (κ3) is 5.75. The minimum atomic E-state index is 0.301. The summed E-state index contributed by atoms with van der Waals surface area (Å²) < 4.78 is 22.9. The van der Waals surface area contributed by atoms with Crippen molar-refractivity contribution in [1.29, 1.82) is 0 Å². The van der Waals surface area contributed by atoms with E-state index in [0.717, 1.165) is 53.5 Å². The minimum absolute atomic E-state index is 0.301. The van der Waals surface area contributed by atoms with Gasteiger partial charge in [-0.25, -0.2) is 0 Å². The summed E-state index contributed by atoms with van der Waals surface area (Å²) in [6, 6.07) is 20.8. The van der Waals surface area contributed by atoms with Gasteiger partial charge in [0.15, 0.2) is 11.5 Å². The Morgan fingerprint density at radius 1 is 0.875 bits per heavy atom. The molecule has 0 atom stereocenters. The molecule has 0 amide bonds. The number of halogens is 1. The van der Waals surface area contributed by atoms with Gasteiger partial charge in [0.05, 0.1) is 18.2 Å². The second-order valence-electron chi connectivity index (χ2n) is 7.69. The number of ether oxygens (including phenoxy) is 4. The first kappa shape index (κ1) is 22.5. The Labute approximate surface area is 198 Å². The Bertz CT molecular complexity index is 1040. The molecule has 0 spiro atoms. The predicted molar refractivity (Wildman–Crippen MR) is 129 cm³/mol. The van der Waals surface area contributed by atoms with Crippen LogP contribution >= 0.6 is 15.9 Å². The molecular formula is C26H28BrNO4. The highest BCUT2D eigenvalue weighted by molar-refractivity contribution is 9.10. The number of methoxy groups -OCH3 is 1. The summed E-state index contributed by atoms with van der Waals surface area (Å²) in [5, 5.41) is 0. The van der Waals surface area contributed by atoms with Crippen LogP contribution in [-0.2, 0) is 19.5 Å². The largest absolute Gasteiger partial charge is 0.496 e. The van der Waals surface area contributed by atoms with Crippen molar-refractivity contribution in [2.75, 3.05) is 27.1 Å². The van der Waals surface area contributed by atoms with Crippen molar-refractivity contribution in [3.8, 4) is 23.0 Å². The average Bonchev–Trinajstić information content (AvgIpc) is 3.27. The van der Waals surface area contributed by atoms with E-state index in [1.165, 1.54) is 16.7 Å². The fraction of sp³-hybridized carbons (Fsp3) is 0.308. The number of hydrogen-bond donors (Lipinski definition) is 0.